The summed E-state index contributed by atoms with van der Waals surface area (Å²) in [5.41, 5.74) is 2.64. The van der Waals surface area contributed by atoms with E-state index in [2.05, 4.69) is 27.1 Å². The highest BCUT2D eigenvalue weighted by Gasteiger charge is 2.30. The topological polar surface area (TPSA) is 103 Å². The van der Waals surface area contributed by atoms with Crippen molar-refractivity contribution in [3.05, 3.63) is 121 Å². The van der Waals surface area contributed by atoms with Crippen LogP contribution in [0.5, 0.6) is 0 Å². The summed E-state index contributed by atoms with van der Waals surface area (Å²) in [5, 5.41) is 20.2. The number of rotatable bonds is 5. The van der Waals surface area contributed by atoms with Gasteiger partial charge < -0.3 is 4.57 Å². The summed E-state index contributed by atoms with van der Waals surface area (Å²) in [4.78, 5) is 13.2. The first-order valence-corrected chi connectivity index (χ1v) is 12.8. The fraction of sp³-hybridized carbons (Fsp3) is 0. The maximum Gasteiger partial charge on any atom is 0.171 e. The number of hydrogen-bond donors (Lipinski definition) is 0. The molecule has 6 nitrogen and oxygen atoms in total. The van der Waals surface area contributed by atoms with Gasteiger partial charge in [-0.3, -0.25) is 0 Å². The van der Waals surface area contributed by atoms with Crippen molar-refractivity contribution in [3.63, 3.8) is 0 Å². The highest BCUT2D eigenvalue weighted by atomic mass is 31.2. The molecule has 0 aliphatic carbocycles. The zero-order valence-electron chi connectivity index (χ0n) is 19.0. The van der Waals surface area contributed by atoms with Crippen LogP contribution in [0.3, 0.4) is 0 Å². The SMILES string of the molecule is N#Cc1ccc(P(=O)(c2ccc(C#N)cc2)c2ccc(-c3ncnc(-c4ccccc4)n3)cc2)cc1. The molecule has 1 aromatic heterocycles. The van der Waals surface area contributed by atoms with Gasteiger partial charge in [0.15, 0.2) is 18.8 Å². The monoisotopic (exact) mass is 483 g/mol. The molecule has 0 aliphatic rings. The number of aromatic nitrogens is 3. The van der Waals surface area contributed by atoms with Crippen molar-refractivity contribution in [1.82, 2.24) is 15.0 Å². The Morgan fingerprint density at radius 3 is 1.42 bits per heavy atom. The Labute approximate surface area is 208 Å². The van der Waals surface area contributed by atoms with Gasteiger partial charge in [0.2, 0.25) is 0 Å². The van der Waals surface area contributed by atoms with Crippen LogP contribution in [0.25, 0.3) is 22.8 Å². The van der Waals surface area contributed by atoms with Crippen LogP contribution in [0, 0.1) is 22.7 Å². The first kappa shape index (κ1) is 22.9. The van der Waals surface area contributed by atoms with Crippen LogP contribution in [0.15, 0.2) is 109 Å². The van der Waals surface area contributed by atoms with Crippen molar-refractivity contribution in [3.8, 4) is 34.9 Å². The molecule has 7 heteroatoms. The number of benzene rings is 4. The van der Waals surface area contributed by atoms with Gasteiger partial charge in [0.1, 0.15) is 6.33 Å². The molecule has 5 rings (SSSR count). The smallest absolute Gasteiger partial charge is 0.171 e. The first-order chi connectivity index (χ1) is 17.6. The van der Waals surface area contributed by atoms with Crippen LogP contribution in [-0.4, -0.2) is 15.0 Å². The summed E-state index contributed by atoms with van der Waals surface area (Å²) < 4.78 is 14.7. The second-order valence-corrected chi connectivity index (χ2v) is 10.7. The highest BCUT2D eigenvalue weighted by Crippen LogP contribution is 2.42. The third-order valence-corrected chi connectivity index (χ3v) is 8.89. The van der Waals surface area contributed by atoms with E-state index in [1.165, 1.54) is 6.33 Å². The van der Waals surface area contributed by atoms with E-state index in [1.54, 1.807) is 48.5 Å². The van der Waals surface area contributed by atoms with Crippen LogP contribution in [0.1, 0.15) is 11.1 Å². The van der Waals surface area contributed by atoms with Crippen LogP contribution in [0.4, 0.5) is 0 Å². The maximum absolute atomic E-state index is 14.7. The zero-order valence-corrected chi connectivity index (χ0v) is 19.9. The molecule has 170 valence electrons. The molecule has 0 saturated carbocycles. The molecule has 0 spiro atoms. The first-order valence-electron chi connectivity index (χ1n) is 11.1. The molecule has 0 fully saturated rings. The Morgan fingerprint density at radius 2 is 0.972 bits per heavy atom. The number of nitriles is 2. The molecule has 4 aromatic carbocycles. The highest BCUT2D eigenvalue weighted by molar-refractivity contribution is 7.85. The van der Waals surface area contributed by atoms with E-state index in [1.807, 2.05) is 54.6 Å². The molecular formula is C29H18N5OP. The van der Waals surface area contributed by atoms with Crippen LogP contribution in [-0.2, 0) is 4.57 Å². The normalized spacial score (nSPS) is 10.8. The third kappa shape index (κ3) is 4.30. The fourth-order valence-electron chi connectivity index (χ4n) is 3.92. The Kier molecular flexibility index (Phi) is 6.20. The van der Waals surface area contributed by atoms with E-state index in [-0.39, 0.29) is 0 Å². The second kappa shape index (κ2) is 9.76. The average molecular weight is 483 g/mol. The maximum atomic E-state index is 14.7. The molecule has 1 heterocycles. The van der Waals surface area contributed by atoms with Gasteiger partial charge in [-0.15, -0.1) is 0 Å². The molecular weight excluding hydrogens is 465 g/mol. The van der Waals surface area contributed by atoms with Crippen molar-refractivity contribution < 1.29 is 4.57 Å². The van der Waals surface area contributed by atoms with Gasteiger partial charge in [0, 0.05) is 27.0 Å². The molecule has 5 aromatic rings. The van der Waals surface area contributed by atoms with E-state index in [4.69, 9.17) is 0 Å². The molecule has 0 aliphatic heterocycles. The summed E-state index contributed by atoms with van der Waals surface area (Å²) in [6, 6.07) is 34.7. The van der Waals surface area contributed by atoms with Gasteiger partial charge in [0.05, 0.1) is 23.3 Å². The second-order valence-electron chi connectivity index (χ2n) is 7.97. The van der Waals surface area contributed by atoms with Crippen molar-refractivity contribution in [2.24, 2.45) is 0 Å². The Morgan fingerprint density at radius 1 is 0.556 bits per heavy atom. The quantitative estimate of drug-likeness (QED) is 0.339. The lowest BCUT2D eigenvalue weighted by Gasteiger charge is -2.20. The lowest BCUT2D eigenvalue weighted by atomic mass is 10.2. The van der Waals surface area contributed by atoms with Crippen molar-refractivity contribution in [2.75, 3.05) is 0 Å². The zero-order chi connectivity index (χ0) is 25.0. The van der Waals surface area contributed by atoms with E-state index in [0.717, 1.165) is 11.1 Å². The van der Waals surface area contributed by atoms with E-state index in [0.29, 0.717) is 38.7 Å². The molecule has 0 amide bonds. The van der Waals surface area contributed by atoms with Gasteiger partial charge in [-0.1, -0.05) is 54.6 Å². The molecule has 0 bridgehead atoms. The third-order valence-electron chi connectivity index (χ3n) is 5.81. The summed E-state index contributed by atoms with van der Waals surface area (Å²) in [6.45, 7) is 0. The molecule has 0 atom stereocenters. The molecule has 0 N–H and O–H groups in total. The Hall–Kier alpha value is -4.90. The molecule has 36 heavy (non-hydrogen) atoms. The molecule has 0 saturated heterocycles. The molecule has 0 radical (unpaired) electrons. The number of hydrogen-bond acceptors (Lipinski definition) is 6. The Bertz CT molecular complexity index is 1590. The van der Waals surface area contributed by atoms with Gasteiger partial charge in [-0.25, -0.2) is 15.0 Å². The lowest BCUT2D eigenvalue weighted by molar-refractivity contribution is 0.592. The van der Waals surface area contributed by atoms with E-state index >= 15 is 0 Å². The standard InChI is InChI=1S/C29H18N5OP/c30-18-21-6-12-25(13-7-21)36(35,26-14-8-22(19-31)9-15-26)27-16-10-24(11-17-27)29-33-20-32-28(34-29)23-4-2-1-3-5-23/h1-17,20H. The summed E-state index contributed by atoms with van der Waals surface area (Å²) >= 11 is 0. The molecule has 0 unspecified atom stereocenters. The summed E-state index contributed by atoms with van der Waals surface area (Å²) in [6.07, 6.45) is 1.48. The Balaban J connectivity index is 1.57. The van der Waals surface area contributed by atoms with Crippen LogP contribution >= 0.6 is 7.14 Å². The van der Waals surface area contributed by atoms with Gasteiger partial charge in [-0.05, 0) is 48.5 Å². The number of nitrogens with zero attached hydrogens (tertiary/aromatic N) is 5. The van der Waals surface area contributed by atoms with Gasteiger partial charge in [-0.2, -0.15) is 10.5 Å². The minimum absolute atomic E-state index is 0.490. The van der Waals surface area contributed by atoms with Crippen molar-refractivity contribution in [2.45, 2.75) is 0 Å². The average Bonchev–Trinajstić information content (AvgIpc) is 2.97. The fourth-order valence-corrected chi connectivity index (χ4v) is 6.52. The van der Waals surface area contributed by atoms with Crippen LogP contribution in [0.2, 0.25) is 0 Å². The predicted octanol–water partition coefficient (Wildman–Crippen LogP) is 4.59. The van der Waals surface area contributed by atoms with E-state index < -0.39 is 7.14 Å². The summed E-state index contributed by atoms with van der Waals surface area (Å²) in [7, 11) is -3.28. The minimum Gasteiger partial charge on any atom is -0.309 e. The minimum atomic E-state index is -3.28. The largest absolute Gasteiger partial charge is 0.309 e. The van der Waals surface area contributed by atoms with E-state index in [9.17, 15) is 15.1 Å². The summed E-state index contributed by atoms with van der Waals surface area (Å²) in [5.74, 6) is 1.09. The van der Waals surface area contributed by atoms with Gasteiger partial charge in [0.25, 0.3) is 0 Å². The van der Waals surface area contributed by atoms with Crippen molar-refractivity contribution in [1.29, 1.82) is 10.5 Å². The predicted molar refractivity (Wildman–Crippen MR) is 140 cm³/mol. The van der Waals surface area contributed by atoms with Crippen molar-refractivity contribution >= 4 is 23.1 Å². The van der Waals surface area contributed by atoms with Crippen LogP contribution < -0.4 is 15.9 Å². The lowest BCUT2D eigenvalue weighted by Crippen LogP contribution is -2.25. The van der Waals surface area contributed by atoms with Gasteiger partial charge >= 0.3 is 0 Å².